The fraction of sp³-hybridized carbons (Fsp3) is 0.200. The highest BCUT2D eigenvalue weighted by molar-refractivity contribution is 5.84. The van der Waals surface area contributed by atoms with Gasteiger partial charge in [0.05, 0.1) is 13.7 Å². The summed E-state index contributed by atoms with van der Waals surface area (Å²) in [6, 6.07) is 7.50. The summed E-state index contributed by atoms with van der Waals surface area (Å²) in [5, 5.41) is 6.97. The Morgan fingerprint density at radius 2 is 2.14 bits per heavy atom. The largest absolute Gasteiger partial charge is 0.497 e. The second kappa shape index (κ2) is 5.01. The van der Waals surface area contributed by atoms with Crippen LogP contribution in [0.25, 0.3) is 0 Å². The average Bonchev–Trinajstić information content (AvgIpc) is 2.18. The van der Waals surface area contributed by atoms with Gasteiger partial charge >= 0.3 is 0 Å². The number of amidine groups is 1. The van der Waals surface area contributed by atoms with E-state index in [2.05, 4.69) is 4.99 Å². The van der Waals surface area contributed by atoms with E-state index >= 15 is 0 Å². The molecule has 74 valence electrons. The third kappa shape index (κ3) is 3.26. The van der Waals surface area contributed by atoms with E-state index in [0.29, 0.717) is 0 Å². The van der Waals surface area contributed by atoms with Gasteiger partial charge in [0.2, 0.25) is 0 Å². The molecule has 0 aromatic heterocycles. The lowest BCUT2D eigenvalue weighted by Gasteiger charge is -1.98. The van der Waals surface area contributed by atoms with Gasteiger partial charge in [-0.3, -0.25) is 10.4 Å². The molecule has 0 spiro atoms. The number of ether oxygens (including phenoxy) is 1. The lowest BCUT2D eigenvalue weighted by Crippen LogP contribution is -2.12. The highest BCUT2D eigenvalue weighted by Crippen LogP contribution is 2.09. The number of nitrogens with two attached hydrogens (primary N) is 1. The molecule has 0 radical (unpaired) electrons. The Balaban J connectivity index is 2.59. The van der Waals surface area contributed by atoms with E-state index in [1.807, 2.05) is 24.3 Å². The summed E-state index contributed by atoms with van der Waals surface area (Å²) in [5.41, 5.74) is 6.12. The highest BCUT2D eigenvalue weighted by Gasteiger charge is 1.90. The summed E-state index contributed by atoms with van der Waals surface area (Å²) < 4.78 is 5.01. The normalized spacial score (nSPS) is 10.4. The number of rotatable bonds is 4. The van der Waals surface area contributed by atoms with Crippen LogP contribution in [0.15, 0.2) is 29.3 Å². The predicted octanol–water partition coefficient (Wildman–Crippen LogP) is 1.05. The van der Waals surface area contributed by atoms with E-state index in [1.165, 1.54) is 0 Å². The van der Waals surface area contributed by atoms with E-state index < -0.39 is 0 Å². The molecule has 0 fully saturated rings. The maximum absolute atomic E-state index is 6.97. The summed E-state index contributed by atoms with van der Waals surface area (Å²) in [5.74, 6) is 0.878. The van der Waals surface area contributed by atoms with Gasteiger partial charge in [-0.15, -0.1) is 0 Å². The Kier molecular flexibility index (Phi) is 3.67. The molecule has 4 heteroatoms. The molecule has 0 aliphatic rings. The molecule has 0 aliphatic heterocycles. The van der Waals surface area contributed by atoms with E-state index in [-0.39, 0.29) is 12.4 Å². The zero-order chi connectivity index (χ0) is 10.4. The van der Waals surface area contributed by atoms with Gasteiger partial charge in [0.1, 0.15) is 11.6 Å². The van der Waals surface area contributed by atoms with E-state index in [1.54, 1.807) is 13.3 Å². The summed E-state index contributed by atoms with van der Waals surface area (Å²) in [6.07, 6.45) is 1.68. The van der Waals surface area contributed by atoms with Crippen molar-refractivity contribution in [2.75, 3.05) is 13.7 Å². The van der Waals surface area contributed by atoms with E-state index in [4.69, 9.17) is 15.9 Å². The first-order chi connectivity index (χ1) is 6.72. The van der Waals surface area contributed by atoms with Crippen LogP contribution in [0.2, 0.25) is 0 Å². The van der Waals surface area contributed by atoms with Gasteiger partial charge in [-0.1, -0.05) is 0 Å². The maximum Gasteiger partial charge on any atom is 0.118 e. The number of nitrogens with one attached hydrogen (secondary N) is 1. The molecular formula is C10H13N3O. The third-order valence-electron chi connectivity index (χ3n) is 1.62. The summed E-state index contributed by atoms with van der Waals surface area (Å²) in [4.78, 5) is 3.98. The summed E-state index contributed by atoms with van der Waals surface area (Å²) in [7, 11) is 1.62. The first-order valence-corrected chi connectivity index (χ1v) is 4.19. The van der Waals surface area contributed by atoms with Crippen LogP contribution in [0.1, 0.15) is 5.56 Å². The average molecular weight is 191 g/mol. The van der Waals surface area contributed by atoms with Gasteiger partial charge in [-0.05, 0) is 29.8 Å². The molecule has 1 rings (SSSR count). The fourth-order valence-electron chi connectivity index (χ4n) is 0.939. The van der Waals surface area contributed by atoms with Gasteiger partial charge in [0.25, 0.3) is 0 Å². The molecule has 0 aliphatic carbocycles. The third-order valence-corrected chi connectivity index (χ3v) is 1.62. The highest BCUT2D eigenvalue weighted by atomic mass is 16.5. The number of benzene rings is 1. The standard InChI is InChI=1S/C10H13N3O/c1-14-9-4-2-8(3-5-9)6-13-7-10(11)12/h2-6H,7H2,1H3,(H3,11,12). The molecule has 0 amide bonds. The molecule has 0 heterocycles. The first kappa shape index (κ1) is 10.2. The second-order valence-corrected chi connectivity index (χ2v) is 2.77. The topological polar surface area (TPSA) is 71.5 Å². The van der Waals surface area contributed by atoms with Gasteiger partial charge < -0.3 is 10.5 Å². The molecule has 0 bridgehead atoms. The number of hydrogen-bond donors (Lipinski definition) is 2. The van der Waals surface area contributed by atoms with Crippen LogP contribution in [0, 0.1) is 5.41 Å². The molecule has 0 unspecified atom stereocenters. The molecule has 0 saturated heterocycles. The summed E-state index contributed by atoms with van der Waals surface area (Å²) in [6.45, 7) is 0.242. The van der Waals surface area contributed by atoms with E-state index in [9.17, 15) is 0 Å². The molecular weight excluding hydrogens is 178 g/mol. The Morgan fingerprint density at radius 1 is 1.50 bits per heavy atom. The Morgan fingerprint density at radius 3 is 2.64 bits per heavy atom. The van der Waals surface area contributed by atoms with Crippen molar-refractivity contribution < 1.29 is 4.74 Å². The number of hydrogen-bond acceptors (Lipinski definition) is 3. The molecule has 14 heavy (non-hydrogen) atoms. The lowest BCUT2D eigenvalue weighted by molar-refractivity contribution is 0.415. The fourth-order valence-corrected chi connectivity index (χ4v) is 0.939. The number of methoxy groups -OCH3 is 1. The zero-order valence-corrected chi connectivity index (χ0v) is 8.03. The minimum absolute atomic E-state index is 0.0646. The molecule has 0 saturated carbocycles. The quantitative estimate of drug-likeness (QED) is 0.551. The Hall–Kier alpha value is -1.84. The van der Waals surface area contributed by atoms with Crippen molar-refractivity contribution in [3.8, 4) is 5.75 Å². The predicted molar refractivity (Wildman–Crippen MR) is 57.4 cm³/mol. The Labute approximate surface area is 82.9 Å². The second-order valence-electron chi connectivity index (χ2n) is 2.77. The summed E-state index contributed by atoms with van der Waals surface area (Å²) >= 11 is 0. The van der Waals surface area contributed by atoms with Crippen molar-refractivity contribution in [1.29, 1.82) is 5.41 Å². The molecule has 1 aromatic carbocycles. The van der Waals surface area contributed by atoms with Crippen LogP contribution in [0.4, 0.5) is 0 Å². The Bertz CT molecular complexity index is 330. The molecule has 4 nitrogen and oxygen atoms in total. The maximum atomic E-state index is 6.97. The number of nitrogens with zero attached hydrogens (tertiary/aromatic N) is 1. The number of aliphatic imine (C=N–C) groups is 1. The van der Waals surface area contributed by atoms with Crippen LogP contribution in [-0.4, -0.2) is 25.7 Å². The van der Waals surface area contributed by atoms with E-state index in [0.717, 1.165) is 11.3 Å². The zero-order valence-electron chi connectivity index (χ0n) is 8.03. The molecule has 0 atom stereocenters. The van der Waals surface area contributed by atoms with Crippen molar-refractivity contribution in [2.24, 2.45) is 10.7 Å². The minimum atomic E-state index is 0.0646. The van der Waals surface area contributed by atoms with Crippen LogP contribution < -0.4 is 10.5 Å². The van der Waals surface area contributed by atoms with Gasteiger partial charge in [-0.25, -0.2) is 0 Å². The SMILES string of the molecule is COc1ccc(C=NCC(=N)N)cc1. The van der Waals surface area contributed by atoms with Crippen LogP contribution >= 0.6 is 0 Å². The van der Waals surface area contributed by atoms with Gasteiger partial charge in [0, 0.05) is 6.21 Å². The van der Waals surface area contributed by atoms with Crippen LogP contribution in [-0.2, 0) is 0 Å². The van der Waals surface area contributed by atoms with Crippen LogP contribution in [0.3, 0.4) is 0 Å². The van der Waals surface area contributed by atoms with Crippen molar-refractivity contribution in [3.05, 3.63) is 29.8 Å². The van der Waals surface area contributed by atoms with Crippen molar-refractivity contribution in [3.63, 3.8) is 0 Å². The van der Waals surface area contributed by atoms with Gasteiger partial charge in [0.15, 0.2) is 0 Å². The van der Waals surface area contributed by atoms with Gasteiger partial charge in [-0.2, -0.15) is 0 Å². The van der Waals surface area contributed by atoms with Crippen molar-refractivity contribution in [1.82, 2.24) is 0 Å². The lowest BCUT2D eigenvalue weighted by atomic mass is 10.2. The van der Waals surface area contributed by atoms with Crippen LogP contribution in [0.5, 0.6) is 5.75 Å². The monoisotopic (exact) mass is 191 g/mol. The first-order valence-electron chi connectivity index (χ1n) is 4.19. The molecule has 3 N–H and O–H groups in total. The van der Waals surface area contributed by atoms with Crippen molar-refractivity contribution in [2.45, 2.75) is 0 Å². The minimum Gasteiger partial charge on any atom is -0.497 e. The van der Waals surface area contributed by atoms with Crippen molar-refractivity contribution >= 4 is 12.1 Å². The smallest absolute Gasteiger partial charge is 0.118 e. The molecule has 1 aromatic rings.